The topological polar surface area (TPSA) is 25.8 Å². The second-order valence-electron chi connectivity index (χ2n) is 3.41. The average Bonchev–Trinajstić information content (AvgIpc) is 2.26. The molecule has 0 bridgehead atoms. The van der Waals surface area contributed by atoms with E-state index >= 15 is 0 Å². The molecule has 0 fully saturated rings. The molecule has 0 amide bonds. The molecule has 1 heterocycles. The van der Waals surface area contributed by atoms with Crippen LogP contribution in [-0.2, 0) is 0 Å². The zero-order valence-corrected chi connectivity index (χ0v) is 13.1. The first kappa shape index (κ1) is 14.8. The van der Waals surface area contributed by atoms with Crippen LogP contribution in [0.15, 0.2) is 44.4 Å². The maximum Gasteiger partial charge on any atom is 0.446 e. The Morgan fingerprint density at radius 2 is 1.47 bits per heavy atom. The van der Waals surface area contributed by atoms with Gasteiger partial charge < -0.3 is 0 Å². The van der Waals surface area contributed by atoms with Crippen molar-refractivity contribution in [2.75, 3.05) is 0 Å². The first-order valence-corrected chi connectivity index (χ1v) is 7.30. The van der Waals surface area contributed by atoms with Gasteiger partial charge in [0.2, 0.25) is 0 Å². The minimum atomic E-state index is -4.28. The molecule has 0 aliphatic rings. The lowest BCUT2D eigenvalue weighted by Gasteiger charge is -2.06. The monoisotopic (exact) mass is 412 g/mol. The number of aromatic nitrogens is 2. The number of benzene rings is 1. The van der Waals surface area contributed by atoms with Crippen molar-refractivity contribution < 1.29 is 13.2 Å². The molecule has 2 rings (SSSR count). The van der Waals surface area contributed by atoms with Gasteiger partial charge in [0.05, 0.1) is 0 Å². The van der Waals surface area contributed by atoms with Gasteiger partial charge in [-0.1, -0.05) is 12.1 Å². The molecule has 0 atom stereocenters. The molecule has 2 nitrogen and oxygen atoms in total. The SMILES string of the molecule is FC(F)(F)Sc1ccc(-c2nc(Br)cc(Br)n2)cc1. The van der Waals surface area contributed by atoms with Crippen molar-refractivity contribution in [3.8, 4) is 11.4 Å². The fraction of sp³-hybridized carbons (Fsp3) is 0.0909. The van der Waals surface area contributed by atoms with Gasteiger partial charge in [-0.15, -0.1) is 0 Å². The van der Waals surface area contributed by atoms with Crippen LogP contribution >= 0.6 is 43.6 Å². The summed E-state index contributed by atoms with van der Waals surface area (Å²) in [5.41, 5.74) is -3.63. The Labute approximate surface area is 128 Å². The molecule has 0 saturated carbocycles. The minimum absolute atomic E-state index is 0.130. The van der Waals surface area contributed by atoms with Crippen molar-refractivity contribution in [1.29, 1.82) is 0 Å². The molecule has 1 aromatic carbocycles. The number of halogens is 5. The molecule has 8 heteroatoms. The number of thioether (sulfide) groups is 1. The van der Waals surface area contributed by atoms with E-state index in [0.717, 1.165) is 0 Å². The standard InChI is InChI=1S/C11H5Br2F3N2S/c12-8-5-9(13)18-10(17-8)6-1-3-7(4-2-6)19-11(14,15)16/h1-5H. The van der Waals surface area contributed by atoms with E-state index < -0.39 is 5.51 Å². The average molecular weight is 414 g/mol. The van der Waals surface area contributed by atoms with Crippen molar-refractivity contribution in [2.24, 2.45) is 0 Å². The van der Waals surface area contributed by atoms with Crippen LogP contribution < -0.4 is 0 Å². The van der Waals surface area contributed by atoms with Crippen LogP contribution in [0.3, 0.4) is 0 Å². The van der Waals surface area contributed by atoms with Gasteiger partial charge in [0.25, 0.3) is 0 Å². The van der Waals surface area contributed by atoms with E-state index in [0.29, 0.717) is 20.6 Å². The van der Waals surface area contributed by atoms with Gasteiger partial charge in [-0.3, -0.25) is 0 Å². The number of hydrogen-bond donors (Lipinski definition) is 0. The highest BCUT2D eigenvalue weighted by molar-refractivity contribution is 9.11. The highest BCUT2D eigenvalue weighted by Crippen LogP contribution is 2.37. The van der Waals surface area contributed by atoms with Crippen LogP contribution in [-0.4, -0.2) is 15.5 Å². The maximum absolute atomic E-state index is 12.2. The van der Waals surface area contributed by atoms with Gasteiger partial charge in [-0.05, 0) is 55.8 Å². The maximum atomic E-state index is 12.2. The zero-order chi connectivity index (χ0) is 14.0. The molecule has 0 aliphatic heterocycles. The molecule has 0 N–H and O–H groups in total. The Hall–Kier alpha value is -0.600. The van der Waals surface area contributed by atoms with Gasteiger partial charge in [-0.25, -0.2) is 9.97 Å². The summed E-state index contributed by atoms with van der Waals surface area (Å²) in [4.78, 5) is 8.44. The van der Waals surface area contributed by atoms with Crippen LogP contribution in [0.25, 0.3) is 11.4 Å². The van der Waals surface area contributed by atoms with Gasteiger partial charge in [0.15, 0.2) is 5.82 Å². The van der Waals surface area contributed by atoms with Gasteiger partial charge >= 0.3 is 5.51 Å². The summed E-state index contributed by atoms with van der Waals surface area (Å²) in [6.45, 7) is 0. The largest absolute Gasteiger partial charge is 0.446 e. The highest BCUT2D eigenvalue weighted by Gasteiger charge is 2.29. The molecule has 0 radical (unpaired) electrons. The fourth-order valence-electron chi connectivity index (χ4n) is 1.32. The van der Waals surface area contributed by atoms with E-state index in [2.05, 4.69) is 41.8 Å². The molecule has 0 saturated heterocycles. The van der Waals surface area contributed by atoms with E-state index in [1.165, 1.54) is 12.1 Å². The minimum Gasteiger partial charge on any atom is -0.221 e. The Balaban J connectivity index is 2.27. The normalized spacial score (nSPS) is 11.6. The van der Waals surface area contributed by atoms with Crippen molar-refractivity contribution in [3.05, 3.63) is 39.5 Å². The second kappa shape index (κ2) is 5.80. The predicted molar refractivity (Wildman–Crippen MR) is 74.8 cm³/mol. The van der Waals surface area contributed by atoms with Gasteiger partial charge in [-0.2, -0.15) is 13.2 Å². The van der Waals surface area contributed by atoms with E-state index in [1.54, 1.807) is 18.2 Å². The third-order valence-electron chi connectivity index (χ3n) is 2.01. The molecule has 1 aromatic heterocycles. The summed E-state index contributed by atoms with van der Waals surface area (Å²) in [6, 6.07) is 7.58. The Morgan fingerprint density at radius 3 is 1.95 bits per heavy atom. The van der Waals surface area contributed by atoms with Crippen molar-refractivity contribution >= 4 is 43.6 Å². The molecule has 100 valence electrons. The molecule has 0 aliphatic carbocycles. The summed E-state index contributed by atoms with van der Waals surface area (Å²) in [5.74, 6) is 0.435. The zero-order valence-electron chi connectivity index (χ0n) is 9.08. The first-order valence-electron chi connectivity index (χ1n) is 4.90. The quantitative estimate of drug-likeness (QED) is 0.494. The van der Waals surface area contributed by atoms with E-state index in [9.17, 15) is 13.2 Å². The van der Waals surface area contributed by atoms with Crippen molar-refractivity contribution in [1.82, 2.24) is 9.97 Å². The number of alkyl halides is 3. The van der Waals surface area contributed by atoms with Crippen LogP contribution in [0.5, 0.6) is 0 Å². The van der Waals surface area contributed by atoms with Crippen LogP contribution in [0.2, 0.25) is 0 Å². The molecule has 0 spiro atoms. The third kappa shape index (κ3) is 4.47. The first-order chi connectivity index (χ1) is 8.83. The Kier molecular flexibility index (Phi) is 4.52. The molecular weight excluding hydrogens is 409 g/mol. The van der Waals surface area contributed by atoms with Crippen molar-refractivity contribution in [3.63, 3.8) is 0 Å². The van der Waals surface area contributed by atoms with Crippen LogP contribution in [0.4, 0.5) is 13.2 Å². The highest BCUT2D eigenvalue weighted by atomic mass is 79.9. The summed E-state index contributed by atoms with van der Waals surface area (Å²) >= 11 is 6.31. The van der Waals surface area contributed by atoms with Gasteiger partial charge in [0.1, 0.15) is 9.21 Å². The molecular formula is C11H5Br2F3N2S. The lowest BCUT2D eigenvalue weighted by atomic mass is 10.2. The summed E-state index contributed by atoms with van der Waals surface area (Å²) in [5, 5.41) is 0. The lowest BCUT2D eigenvalue weighted by Crippen LogP contribution is -1.98. The summed E-state index contributed by atoms with van der Waals surface area (Å²) < 4.78 is 37.8. The molecule has 0 unspecified atom stereocenters. The smallest absolute Gasteiger partial charge is 0.221 e. The lowest BCUT2D eigenvalue weighted by molar-refractivity contribution is -0.0328. The third-order valence-corrected chi connectivity index (χ3v) is 3.56. The number of hydrogen-bond acceptors (Lipinski definition) is 3. The van der Waals surface area contributed by atoms with Crippen molar-refractivity contribution in [2.45, 2.75) is 10.4 Å². The Bertz CT molecular complexity index is 567. The van der Waals surface area contributed by atoms with E-state index in [1.807, 2.05) is 0 Å². The van der Waals surface area contributed by atoms with E-state index in [-0.39, 0.29) is 16.7 Å². The summed E-state index contributed by atoms with van der Waals surface area (Å²) in [6.07, 6.45) is 0. The van der Waals surface area contributed by atoms with E-state index in [4.69, 9.17) is 0 Å². The Morgan fingerprint density at radius 1 is 0.947 bits per heavy atom. The predicted octanol–water partition coefficient (Wildman–Crippen LogP) is 5.28. The van der Waals surface area contributed by atoms with Gasteiger partial charge in [0, 0.05) is 16.5 Å². The number of rotatable bonds is 2. The second-order valence-corrected chi connectivity index (χ2v) is 6.17. The molecule has 2 aromatic rings. The van der Waals surface area contributed by atoms with Crippen LogP contribution in [0.1, 0.15) is 0 Å². The fourth-order valence-corrected chi connectivity index (χ4v) is 2.94. The number of nitrogens with zero attached hydrogens (tertiary/aromatic N) is 2. The summed E-state index contributed by atoms with van der Waals surface area (Å²) in [7, 11) is 0. The van der Waals surface area contributed by atoms with Crippen LogP contribution in [0, 0.1) is 0 Å². The molecule has 19 heavy (non-hydrogen) atoms.